The first-order chi connectivity index (χ1) is 13.1. The van der Waals surface area contributed by atoms with E-state index in [1.54, 1.807) is 25.1 Å². The van der Waals surface area contributed by atoms with Crippen molar-refractivity contribution in [3.63, 3.8) is 0 Å². The molecule has 27 heavy (non-hydrogen) atoms. The normalized spacial score (nSPS) is 10.6. The Hall–Kier alpha value is -3.22. The maximum atomic E-state index is 13.8. The van der Waals surface area contributed by atoms with Gasteiger partial charge in [0.15, 0.2) is 11.7 Å². The van der Waals surface area contributed by atoms with Crippen molar-refractivity contribution in [3.05, 3.63) is 66.2 Å². The lowest BCUT2D eigenvalue weighted by Crippen LogP contribution is -2.13. The zero-order chi connectivity index (χ0) is 19.2. The molecule has 0 atom stereocenters. The van der Waals surface area contributed by atoms with E-state index in [0.717, 1.165) is 0 Å². The largest absolute Gasteiger partial charge is 0.492 e. The Labute approximate surface area is 155 Å². The van der Waals surface area contributed by atoms with Crippen LogP contribution in [0.5, 0.6) is 5.75 Å². The van der Waals surface area contributed by atoms with Gasteiger partial charge in [0, 0.05) is 18.9 Å². The van der Waals surface area contributed by atoms with Gasteiger partial charge in [-0.15, -0.1) is 0 Å². The van der Waals surface area contributed by atoms with Gasteiger partial charge in [0.05, 0.1) is 24.1 Å². The van der Waals surface area contributed by atoms with Gasteiger partial charge < -0.3 is 14.5 Å². The molecule has 0 aliphatic heterocycles. The molecule has 3 rings (SSSR count). The van der Waals surface area contributed by atoms with E-state index in [0.29, 0.717) is 29.5 Å². The molecule has 1 aromatic heterocycles. The summed E-state index contributed by atoms with van der Waals surface area (Å²) in [4.78, 5) is 16.3. The summed E-state index contributed by atoms with van der Waals surface area (Å²) in [5, 5.41) is 2.68. The maximum Gasteiger partial charge on any atom is 0.224 e. The minimum absolute atomic E-state index is 0.0974. The Morgan fingerprint density at radius 3 is 2.81 bits per heavy atom. The van der Waals surface area contributed by atoms with Crippen LogP contribution in [0.1, 0.15) is 19.2 Å². The van der Waals surface area contributed by atoms with Crippen molar-refractivity contribution < 1.29 is 22.7 Å². The van der Waals surface area contributed by atoms with Crippen molar-refractivity contribution in [2.24, 2.45) is 0 Å². The lowest BCUT2D eigenvalue weighted by Gasteiger charge is -2.11. The number of benzene rings is 2. The lowest BCUT2D eigenvalue weighted by atomic mass is 10.2. The zero-order valence-corrected chi connectivity index (χ0v) is 14.7. The summed E-state index contributed by atoms with van der Waals surface area (Å²) in [5.41, 5.74) is 0.705. The Kier molecular flexibility index (Phi) is 5.80. The van der Waals surface area contributed by atoms with Crippen LogP contribution in [0.3, 0.4) is 0 Å². The molecule has 5 nitrogen and oxygen atoms in total. The standard InChI is InChI=1S/C20H18F2N2O3/c1-2-26-17-11-13(21)7-8-16(17)24-19(25)9-10-20-23-12-18(27-20)14-5-3-4-6-15(14)22/h3-8,11-12H,2,9-10H2,1H3,(H,24,25). The highest BCUT2D eigenvalue weighted by atomic mass is 19.1. The van der Waals surface area contributed by atoms with Crippen LogP contribution in [0.2, 0.25) is 0 Å². The molecular weight excluding hydrogens is 354 g/mol. The fourth-order valence-electron chi connectivity index (χ4n) is 2.52. The third-order valence-corrected chi connectivity index (χ3v) is 3.78. The molecule has 3 aromatic rings. The first-order valence-electron chi connectivity index (χ1n) is 8.48. The number of amides is 1. The van der Waals surface area contributed by atoms with Crippen LogP contribution in [0.25, 0.3) is 11.3 Å². The van der Waals surface area contributed by atoms with Crippen LogP contribution in [0.4, 0.5) is 14.5 Å². The molecule has 0 unspecified atom stereocenters. The van der Waals surface area contributed by atoms with E-state index in [1.807, 2.05) is 0 Å². The number of rotatable bonds is 7. The van der Waals surface area contributed by atoms with E-state index in [9.17, 15) is 13.6 Å². The SMILES string of the molecule is CCOc1cc(F)ccc1NC(=O)CCc1ncc(-c2ccccc2F)o1. The summed E-state index contributed by atoms with van der Waals surface area (Å²) < 4.78 is 37.9. The molecule has 0 fully saturated rings. The Morgan fingerprint density at radius 2 is 2.04 bits per heavy atom. The summed E-state index contributed by atoms with van der Waals surface area (Å²) in [6.45, 7) is 2.12. The highest BCUT2D eigenvalue weighted by Gasteiger charge is 2.13. The highest BCUT2D eigenvalue weighted by Crippen LogP contribution is 2.26. The second-order valence-corrected chi connectivity index (χ2v) is 5.72. The van der Waals surface area contributed by atoms with Gasteiger partial charge in [0.2, 0.25) is 5.91 Å². The van der Waals surface area contributed by atoms with Crippen LogP contribution >= 0.6 is 0 Å². The Balaban J connectivity index is 1.61. The third-order valence-electron chi connectivity index (χ3n) is 3.78. The number of carbonyl (C=O) groups excluding carboxylic acids is 1. The van der Waals surface area contributed by atoms with Crippen molar-refractivity contribution in [3.8, 4) is 17.1 Å². The summed E-state index contributed by atoms with van der Waals surface area (Å²) in [5.74, 6) is -0.250. The molecule has 1 heterocycles. The number of hydrogen-bond donors (Lipinski definition) is 1. The highest BCUT2D eigenvalue weighted by molar-refractivity contribution is 5.92. The van der Waals surface area contributed by atoms with Crippen LogP contribution in [-0.2, 0) is 11.2 Å². The first kappa shape index (κ1) is 18.6. The molecule has 0 aliphatic carbocycles. The molecule has 0 saturated heterocycles. The number of anilines is 1. The van der Waals surface area contributed by atoms with Crippen molar-refractivity contribution >= 4 is 11.6 Å². The summed E-state index contributed by atoms with van der Waals surface area (Å²) >= 11 is 0. The molecule has 2 aromatic carbocycles. The predicted octanol–water partition coefficient (Wildman–Crippen LogP) is 4.59. The van der Waals surface area contributed by atoms with E-state index >= 15 is 0 Å². The summed E-state index contributed by atoms with van der Waals surface area (Å²) in [6, 6.07) is 10.1. The number of ether oxygens (including phenoxy) is 1. The molecule has 0 saturated carbocycles. The number of aryl methyl sites for hydroxylation is 1. The molecular formula is C20H18F2N2O3. The Bertz CT molecular complexity index is 940. The van der Waals surface area contributed by atoms with Crippen molar-refractivity contribution in [2.75, 3.05) is 11.9 Å². The van der Waals surface area contributed by atoms with Gasteiger partial charge in [-0.3, -0.25) is 4.79 Å². The van der Waals surface area contributed by atoms with Gasteiger partial charge in [0.1, 0.15) is 17.4 Å². The number of nitrogens with zero attached hydrogens (tertiary/aromatic N) is 1. The van der Waals surface area contributed by atoms with Crippen molar-refractivity contribution in [1.29, 1.82) is 0 Å². The van der Waals surface area contributed by atoms with E-state index in [2.05, 4.69) is 10.3 Å². The second kappa shape index (κ2) is 8.44. The van der Waals surface area contributed by atoms with Crippen LogP contribution in [0, 0.1) is 11.6 Å². The number of oxazole rings is 1. The number of carbonyl (C=O) groups is 1. The monoisotopic (exact) mass is 372 g/mol. The Morgan fingerprint density at radius 1 is 1.22 bits per heavy atom. The minimum atomic E-state index is -0.447. The zero-order valence-electron chi connectivity index (χ0n) is 14.7. The molecule has 1 N–H and O–H groups in total. The average Bonchev–Trinajstić information content (AvgIpc) is 3.12. The minimum Gasteiger partial charge on any atom is -0.492 e. The van der Waals surface area contributed by atoms with Crippen LogP contribution in [0.15, 0.2) is 53.1 Å². The van der Waals surface area contributed by atoms with Gasteiger partial charge in [-0.2, -0.15) is 0 Å². The van der Waals surface area contributed by atoms with Crippen molar-refractivity contribution in [2.45, 2.75) is 19.8 Å². The molecule has 140 valence electrons. The van der Waals surface area contributed by atoms with Gasteiger partial charge in [-0.1, -0.05) is 12.1 Å². The van der Waals surface area contributed by atoms with Gasteiger partial charge >= 0.3 is 0 Å². The fourth-order valence-corrected chi connectivity index (χ4v) is 2.52. The topological polar surface area (TPSA) is 64.4 Å². The summed E-state index contributed by atoms with van der Waals surface area (Å²) in [6.07, 6.45) is 1.77. The molecule has 0 radical (unpaired) electrons. The predicted molar refractivity (Wildman–Crippen MR) is 96.4 cm³/mol. The smallest absolute Gasteiger partial charge is 0.224 e. The van der Waals surface area contributed by atoms with Gasteiger partial charge in [-0.25, -0.2) is 13.8 Å². The molecule has 0 bridgehead atoms. The van der Waals surface area contributed by atoms with Gasteiger partial charge in [0.25, 0.3) is 0 Å². The van der Waals surface area contributed by atoms with E-state index in [-0.39, 0.29) is 24.5 Å². The fraction of sp³-hybridized carbons (Fsp3) is 0.200. The second-order valence-electron chi connectivity index (χ2n) is 5.72. The third kappa shape index (κ3) is 4.69. The quantitative estimate of drug-likeness (QED) is 0.659. The van der Waals surface area contributed by atoms with E-state index in [1.165, 1.54) is 30.5 Å². The number of nitrogens with one attached hydrogen (secondary N) is 1. The number of halogens is 2. The molecule has 1 amide bonds. The summed E-state index contributed by atoms with van der Waals surface area (Å²) in [7, 11) is 0. The number of hydrogen-bond acceptors (Lipinski definition) is 4. The molecule has 0 aliphatic rings. The van der Waals surface area contributed by atoms with Crippen LogP contribution in [-0.4, -0.2) is 17.5 Å². The van der Waals surface area contributed by atoms with E-state index < -0.39 is 11.6 Å². The number of aromatic nitrogens is 1. The molecule has 0 spiro atoms. The van der Waals surface area contributed by atoms with Crippen LogP contribution < -0.4 is 10.1 Å². The average molecular weight is 372 g/mol. The molecule has 7 heteroatoms. The van der Waals surface area contributed by atoms with Gasteiger partial charge in [-0.05, 0) is 31.2 Å². The van der Waals surface area contributed by atoms with Crippen molar-refractivity contribution in [1.82, 2.24) is 4.98 Å². The lowest BCUT2D eigenvalue weighted by molar-refractivity contribution is -0.116. The van der Waals surface area contributed by atoms with E-state index in [4.69, 9.17) is 9.15 Å². The maximum absolute atomic E-state index is 13.8. The first-order valence-corrected chi connectivity index (χ1v) is 8.48.